The number of methoxy groups -OCH3 is 1. The first-order chi connectivity index (χ1) is 11.6. The van der Waals surface area contributed by atoms with Crippen LogP contribution in [-0.2, 0) is 9.53 Å². The third-order valence-electron chi connectivity index (χ3n) is 3.92. The standard InChI is InChI=1S/C20H38N2O2/c1-6-9-14-22(15-10-13-21-4)20(23)17-18(11-7-2)16-19(24-5)12-8-3/h11,16,21H,6-10,12-15,17H2,1-5H3/b18-11+,19-16+. The van der Waals surface area contributed by atoms with E-state index >= 15 is 0 Å². The van der Waals surface area contributed by atoms with Crippen molar-refractivity contribution < 1.29 is 9.53 Å². The van der Waals surface area contributed by atoms with Gasteiger partial charge in [0.15, 0.2) is 0 Å². The average Bonchev–Trinajstić information content (AvgIpc) is 2.57. The van der Waals surface area contributed by atoms with Gasteiger partial charge in [0.05, 0.1) is 19.3 Å². The molecule has 0 aromatic carbocycles. The minimum atomic E-state index is 0.224. The van der Waals surface area contributed by atoms with Crippen LogP contribution in [0.1, 0.15) is 65.7 Å². The molecule has 1 amide bonds. The highest BCUT2D eigenvalue weighted by Gasteiger charge is 2.14. The SMILES string of the molecule is CC/C=C(\C=C(/CCC)OC)CC(=O)N(CCCC)CCCNC. The van der Waals surface area contributed by atoms with Crippen LogP contribution < -0.4 is 5.32 Å². The normalized spacial score (nSPS) is 12.4. The summed E-state index contributed by atoms with van der Waals surface area (Å²) in [5.74, 6) is 1.18. The first-order valence-electron chi connectivity index (χ1n) is 9.48. The van der Waals surface area contributed by atoms with E-state index in [1.54, 1.807) is 7.11 Å². The molecule has 0 aliphatic rings. The van der Waals surface area contributed by atoms with E-state index in [1.165, 1.54) is 0 Å². The second kappa shape index (κ2) is 15.3. The summed E-state index contributed by atoms with van der Waals surface area (Å²) in [5.41, 5.74) is 1.07. The van der Waals surface area contributed by atoms with Gasteiger partial charge in [0.25, 0.3) is 0 Å². The van der Waals surface area contributed by atoms with Crippen molar-refractivity contribution in [2.75, 3.05) is 33.8 Å². The van der Waals surface area contributed by atoms with E-state index in [-0.39, 0.29) is 5.91 Å². The molecule has 0 aliphatic heterocycles. The molecule has 0 atom stereocenters. The number of hydrogen-bond donors (Lipinski definition) is 1. The third-order valence-corrected chi connectivity index (χ3v) is 3.92. The number of unbranched alkanes of at least 4 members (excludes halogenated alkanes) is 1. The van der Waals surface area contributed by atoms with E-state index in [2.05, 4.69) is 38.2 Å². The molecular weight excluding hydrogens is 300 g/mol. The van der Waals surface area contributed by atoms with Crippen LogP contribution in [0.4, 0.5) is 0 Å². The van der Waals surface area contributed by atoms with Crippen molar-refractivity contribution >= 4 is 5.91 Å². The lowest BCUT2D eigenvalue weighted by atomic mass is 10.1. The third kappa shape index (κ3) is 10.5. The number of ether oxygens (including phenoxy) is 1. The maximum absolute atomic E-state index is 12.8. The summed E-state index contributed by atoms with van der Waals surface area (Å²) in [6.45, 7) is 9.03. The molecule has 0 fully saturated rings. The van der Waals surface area contributed by atoms with E-state index in [0.29, 0.717) is 6.42 Å². The first kappa shape index (κ1) is 22.7. The highest BCUT2D eigenvalue weighted by atomic mass is 16.5. The van der Waals surface area contributed by atoms with Crippen molar-refractivity contribution in [1.82, 2.24) is 10.2 Å². The second-order valence-electron chi connectivity index (χ2n) is 6.12. The van der Waals surface area contributed by atoms with Crippen LogP contribution in [0.15, 0.2) is 23.5 Å². The summed E-state index contributed by atoms with van der Waals surface area (Å²) in [4.78, 5) is 14.8. The van der Waals surface area contributed by atoms with Crippen molar-refractivity contribution in [3.63, 3.8) is 0 Å². The van der Waals surface area contributed by atoms with E-state index in [0.717, 1.165) is 69.5 Å². The van der Waals surface area contributed by atoms with Gasteiger partial charge in [-0.15, -0.1) is 0 Å². The largest absolute Gasteiger partial charge is 0.501 e. The monoisotopic (exact) mass is 338 g/mol. The molecule has 0 bridgehead atoms. The topological polar surface area (TPSA) is 41.6 Å². The molecular formula is C20H38N2O2. The van der Waals surface area contributed by atoms with Crippen LogP contribution in [-0.4, -0.2) is 44.6 Å². The summed E-state index contributed by atoms with van der Waals surface area (Å²) >= 11 is 0. The quantitative estimate of drug-likeness (QED) is 0.292. The fourth-order valence-electron chi connectivity index (χ4n) is 2.57. The minimum absolute atomic E-state index is 0.224. The van der Waals surface area contributed by atoms with Gasteiger partial charge < -0.3 is 15.0 Å². The van der Waals surface area contributed by atoms with Gasteiger partial charge in [0.1, 0.15) is 0 Å². The van der Waals surface area contributed by atoms with E-state index in [9.17, 15) is 4.79 Å². The number of nitrogens with zero attached hydrogens (tertiary/aromatic N) is 1. The number of rotatable bonds is 14. The Labute approximate surface area is 149 Å². The molecule has 4 nitrogen and oxygen atoms in total. The molecule has 0 aromatic heterocycles. The zero-order chi connectivity index (χ0) is 18.2. The Kier molecular flexibility index (Phi) is 14.4. The zero-order valence-corrected chi connectivity index (χ0v) is 16.5. The highest BCUT2D eigenvalue weighted by Crippen LogP contribution is 2.15. The molecule has 0 radical (unpaired) electrons. The van der Waals surface area contributed by atoms with Gasteiger partial charge in [-0.3, -0.25) is 4.79 Å². The van der Waals surface area contributed by atoms with Crippen LogP contribution in [0, 0.1) is 0 Å². The van der Waals surface area contributed by atoms with E-state index in [1.807, 2.05) is 11.9 Å². The first-order valence-corrected chi connectivity index (χ1v) is 9.48. The maximum atomic E-state index is 12.8. The van der Waals surface area contributed by atoms with Crippen LogP contribution in [0.25, 0.3) is 0 Å². The Balaban J connectivity index is 4.92. The second-order valence-corrected chi connectivity index (χ2v) is 6.12. The number of amides is 1. The van der Waals surface area contributed by atoms with E-state index in [4.69, 9.17) is 4.74 Å². The number of nitrogens with one attached hydrogen (secondary N) is 1. The molecule has 0 spiro atoms. The molecule has 1 N–H and O–H groups in total. The molecule has 0 rings (SSSR count). The lowest BCUT2D eigenvalue weighted by Gasteiger charge is -2.23. The van der Waals surface area contributed by atoms with Gasteiger partial charge in [-0.1, -0.05) is 33.3 Å². The predicted octanol–water partition coefficient (Wildman–Crippen LogP) is 4.28. The lowest BCUT2D eigenvalue weighted by Crippen LogP contribution is -2.34. The van der Waals surface area contributed by atoms with Crippen LogP contribution in [0.2, 0.25) is 0 Å². The molecule has 4 heteroatoms. The Bertz CT molecular complexity index is 389. The summed E-state index contributed by atoms with van der Waals surface area (Å²) in [6.07, 6.45) is 10.7. The predicted molar refractivity (Wildman–Crippen MR) is 103 cm³/mol. The van der Waals surface area contributed by atoms with Gasteiger partial charge in [-0.2, -0.15) is 0 Å². The number of carbonyl (C=O) groups excluding carboxylic acids is 1. The molecule has 0 unspecified atom stereocenters. The Hall–Kier alpha value is -1.29. The summed E-state index contributed by atoms with van der Waals surface area (Å²) in [7, 11) is 3.66. The number of hydrogen-bond acceptors (Lipinski definition) is 3. The van der Waals surface area contributed by atoms with Gasteiger partial charge in [0, 0.05) is 19.5 Å². The van der Waals surface area contributed by atoms with Crippen molar-refractivity contribution in [3.05, 3.63) is 23.5 Å². The lowest BCUT2D eigenvalue weighted by molar-refractivity contribution is -0.130. The van der Waals surface area contributed by atoms with Crippen LogP contribution >= 0.6 is 0 Å². The summed E-state index contributed by atoms with van der Waals surface area (Å²) in [5, 5.41) is 3.15. The average molecular weight is 339 g/mol. The minimum Gasteiger partial charge on any atom is -0.501 e. The smallest absolute Gasteiger partial charge is 0.226 e. The van der Waals surface area contributed by atoms with Crippen molar-refractivity contribution in [3.8, 4) is 0 Å². The van der Waals surface area contributed by atoms with Crippen LogP contribution in [0.5, 0.6) is 0 Å². The Morgan fingerprint density at radius 2 is 1.83 bits per heavy atom. The fourth-order valence-corrected chi connectivity index (χ4v) is 2.57. The summed E-state index contributed by atoms with van der Waals surface area (Å²) in [6, 6.07) is 0. The fraction of sp³-hybridized carbons (Fsp3) is 0.750. The van der Waals surface area contributed by atoms with Crippen molar-refractivity contribution in [2.24, 2.45) is 0 Å². The van der Waals surface area contributed by atoms with Crippen LogP contribution in [0.3, 0.4) is 0 Å². The maximum Gasteiger partial charge on any atom is 0.226 e. The van der Waals surface area contributed by atoms with Crippen molar-refractivity contribution in [1.29, 1.82) is 0 Å². The molecule has 0 aliphatic carbocycles. The molecule has 0 heterocycles. The van der Waals surface area contributed by atoms with Gasteiger partial charge in [-0.25, -0.2) is 0 Å². The number of allylic oxidation sites excluding steroid dienone is 3. The molecule has 140 valence electrons. The van der Waals surface area contributed by atoms with Gasteiger partial charge in [0.2, 0.25) is 5.91 Å². The molecule has 0 aromatic rings. The van der Waals surface area contributed by atoms with Gasteiger partial charge >= 0.3 is 0 Å². The zero-order valence-electron chi connectivity index (χ0n) is 16.5. The van der Waals surface area contributed by atoms with Crippen molar-refractivity contribution in [2.45, 2.75) is 65.7 Å². The molecule has 0 saturated carbocycles. The van der Waals surface area contributed by atoms with E-state index < -0.39 is 0 Å². The highest BCUT2D eigenvalue weighted by molar-refractivity contribution is 5.79. The Morgan fingerprint density at radius 3 is 2.38 bits per heavy atom. The van der Waals surface area contributed by atoms with Gasteiger partial charge in [-0.05, 0) is 50.9 Å². The summed E-state index contributed by atoms with van der Waals surface area (Å²) < 4.78 is 5.44. The Morgan fingerprint density at radius 1 is 1.12 bits per heavy atom. The number of carbonyl (C=O) groups is 1. The molecule has 24 heavy (non-hydrogen) atoms. The molecule has 0 saturated heterocycles.